The van der Waals surface area contributed by atoms with Gasteiger partial charge in [-0.15, -0.1) is 0 Å². The summed E-state index contributed by atoms with van der Waals surface area (Å²) in [4.78, 5) is 23.5. The Hall–Kier alpha value is -3.54. The van der Waals surface area contributed by atoms with Gasteiger partial charge >= 0.3 is 0 Å². The molecule has 2 heterocycles. The first-order valence-corrected chi connectivity index (χ1v) is 17.7. The number of H-pyrrole nitrogens is 1. The molecule has 4 rings (SSSR count). The number of ether oxygens (including phenoxy) is 1. The van der Waals surface area contributed by atoms with Gasteiger partial charge in [0.1, 0.15) is 17.1 Å². The minimum Gasteiger partial charge on any atom is -0.493 e. The number of hydrogen-bond acceptors (Lipinski definition) is 7. The third-order valence-corrected chi connectivity index (χ3v) is 9.72. The second-order valence-electron chi connectivity index (χ2n) is 11.4. The maximum absolute atomic E-state index is 14.3. The molecule has 0 unspecified atom stereocenters. The highest BCUT2D eigenvalue weighted by Crippen LogP contribution is 2.33. The predicted octanol–water partition coefficient (Wildman–Crippen LogP) is 5.77. The first-order valence-electron chi connectivity index (χ1n) is 16.2. The third-order valence-electron chi connectivity index (χ3n) is 7.88. The van der Waals surface area contributed by atoms with E-state index in [2.05, 4.69) is 28.8 Å². The fourth-order valence-corrected chi connectivity index (χ4v) is 7.05. The van der Waals surface area contributed by atoms with Crippen molar-refractivity contribution < 1.29 is 13.2 Å². The summed E-state index contributed by atoms with van der Waals surface area (Å²) in [6.45, 7) is 12.4. The van der Waals surface area contributed by atoms with Crippen LogP contribution < -0.4 is 10.3 Å². The highest BCUT2D eigenvalue weighted by Gasteiger charge is 2.27. The molecule has 2 aromatic carbocycles. The lowest BCUT2D eigenvalue weighted by Crippen LogP contribution is -2.32. The predicted molar refractivity (Wildman–Crippen MR) is 180 cm³/mol. The zero-order valence-electron chi connectivity index (χ0n) is 27.4. The van der Waals surface area contributed by atoms with E-state index in [1.807, 2.05) is 44.2 Å². The number of sulfonamides is 1. The van der Waals surface area contributed by atoms with Gasteiger partial charge < -0.3 is 14.6 Å². The molecule has 244 valence electrons. The van der Waals surface area contributed by atoms with E-state index in [-0.39, 0.29) is 22.8 Å². The topological polar surface area (TPSA) is 113 Å². The molecule has 0 atom stereocenters. The molecule has 0 aliphatic carbocycles. The van der Waals surface area contributed by atoms with Crippen LogP contribution >= 0.6 is 0 Å². The first-order chi connectivity index (χ1) is 21.7. The van der Waals surface area contributed by atoms with Crippen LogP contribution in [-0.4, -0.2) is 70.2 Å². The van der Waals surface area contributed by atoms with Crippen LogP contribution in [0.25, 0.3) is 22.4 Å². The van der Waals surface area contributed by atoms with Gasteiger partial charge in [-0.2, -0.15) is 9.40 Å². The number of benzene rings is 2. The van der Waals surface area contributed by atoms with E-state index in [4.69, 9.17) is 9.72 Å². The summed E-state index contributed by atoms with van der Waals surface area (Å²) in [5, 5.41) is 4.53. The van der Waals surface area contributed by atoms with Gasteiger partial charge in [0, 0.05) is 20.1 Å². The fraction of sp³-hybridized carbons (Fsp3) is 0.500. The van der Waals surface area contributed by atoms with Gasteiger partial charge in [0.2, 0.25) is 10.0 Å². The number of fused-ring (bicyclic) bond motifs is 1. The highest BCUT2D eigenvalue weighted by molar-refractivity contribution is 7.89. The number of aryl methyl sites for hydroxylation is 2. The van der Waals surface area contributed by atoms with E-state index in [0.29, 0.717) is 41.9 Å². The monoisotopic (exact) mass is 636 g/mol. The summed E-state index contributed by atoms with van der Waals surface area (Å²) >= 11 is 0. The second kappa shape index (κ2) is 16.1. The molecule has 0 amide bonds. The van der Waals surface area contributed by atoms with Gasteiger partial charge in [-0.3, -0.25) is 9.48 Å². The van der Waals surface area contributed by atoms with Crippen LogP contribution in [-0.2, 0) is 30.0 Å². The lowest BCUT2D eigenvalue weighted by Gasteiger charge is -2.24. The van der Waals surface area contributed by atoms with Crippen molar-refractivity contribution >= 4 is 21.1 Å². The van der Waals surface area contributed by atoms with Crippen LogP contribution in [0.4, 0.5) is 0 Å². The Bertz CT molecular complexity index is 1700. The van der Waals surface area contributed by atoms with Gasteiger partial charge in [-0.25, -0.2) is 13.4 Å². The molecule has 11 heteroatoms. The first kappa shape index (κ1) is 34.3. The van der Waals surface area contributed by atoms with E-state index in [0.717, 1.165) is 63.0 Å². The van der Waals surface area contributed by atoms with Crippen molar-refractivity contribution in [3.63, 3.8) is 0 Å². The summed E-state index contributed by atoms with van der Waals surface area (Å²) < 4.78 is 37.8. The Balaban J connectivity index is 1.74. The van der Waals surface area contributed by atoms with Crippen LogP contribution in [0.15, 0.2) is 58.2 Å². The minimum absolute atomic E-state index is 0.126. The Morgan fingerprint density at radius 1 is 0.933 bits per heavy atom. The molecule has 0 aliphatic rings. The fourth-order valence-electron chi connectivity index (χ4n) is 5.56. The van der Waals surface area contributed by atoms with Crippen molar-refractivity contribution in [3.05, 3.63) is 70.1 Å². The summed E-state index contributed by atoms with van der Waals surface area (Å²) in [5.74, 6) is 0.718. The summed E-state index contributed by atoms with van der Waals surface area (Å²) in [6, 6.07) is 14.5. The summed E-state index contributed by atoms with van der Waals surface area (Å²) in [6.07, 6.45) is 5.02. The van der Waals surface area contributed by atoms with Crippen molar-refractivity contribution in [2.45, 2.75) is 77.7 Å². The molecule has 0 saturated carbocycles. The quantitative estimate of drug-likeness (QED) is 0.138. The van der Waals surface area contributed by atoms with E-state index in [1.165, 1.54) is 0 Å². The van der Waals surface area contributed by atoms with Gasteiger partial charge in [-0.05, 0) is 75.5 Å². The number of nitrogens with zero attached hydrogens (tertiary/aromatic N) is 5. The van der Waals surface area contributed by atoms with Crippen molar-refractivity contribution in [2.24, 2.45) is 7.05 Å². The molecule has 2 aromatic heterocycles. The number of hydrogen-bond donors (Lipinski definition) is 1. The standard InChI is InChI=1S/C34H48N6O4S/c1-6-15-29-31-32(38(5)37-29)34(41)36-33(35-31)28-24-27(18-19-30(28)44-23-8-3)45(42,43)40(25-26-16-11-10-12-17-26)22-14-13-21-39(9-4)20-7-2/h10-12,16-19,24H,6-9,13-15,20-23,25H2,1-5H3,(H,35,36,41). The molecule has 0 bridgehead atoms. The third kappa shape index (κ3) is 8.39. The van der Waals surface area contributed by atoms with Crippen molar-refractivity contribution in [1.82, 2.24) is 29.0 Å². The van der Waals surface area contributed by atoms with Gasteiger partial charge in [-0.1, -0.05) is 64.4 Å². The van der Waals surface area contributed by atoms with Crippen molar-refractivity contribution in [1.29, 1.82) is 0 Å². The number of aromatic nitrogens is 4. The number of unbranched alkanes of at least 4 members (excludes halogenated alkanes) is 1. The van der Waals surface area contributed by atoms with E-state index in [9.17, 15) is 13.2 Å². The Kier molecular flexibility index (Phi) is 12.3. The van der Waals surface area contributed by atoms with Gasteiger partial charge in [0.25, 0.3) is 5.56 Å². The zero-order valence-corrected chi connectivity index (χ0v) is 28.2. The molecule has 0 fully saturated rings. The summed E-state index contributed by atoms with van der Waals surface area (Å²) in [7, 11) is -2.19. The maximum Gasteiger partial charge on any atom is 0.277 e. The largest absolute Gasteiger partial charge is 0.493 e. The summed E-state index contributed by atoms with van der Waals surface area (Å²) in [5.41, 5.74) is 2.64. The maximum atomic E-state index is 14.3. The molecule has 0 spiro atoms. The van der Waals surface area contributed by atoms with Crippen molar-refractivity contribution in [3.8, 4) is 17.1 Å². The van der Waals surface area contributed by atoms with E-state index >= 15 is 0 Å². The average molecular weight is 637 g/mol. The molecule has 1 N–H and O–H groups in total. The van der Waals surface area contributed by atoms with E-state index < -0.39 is 10.0 Å². The SMILES string of the molecule is CCCOc1ccc(S(=O)(=O)N(CCCCN(CC)CCC)Cc2ccccc2)cc1-c1nc2c(CCC)nn(C)c2c(=O)[nH]1. The average Bonchev–Trinajstić information content (AvgIpc) is 3.36. The van der Waals surface area contributed by atoms with Crippen LogP contribution in [0.1, 0.15) is 71.1 Å². The van der Waals surface area contributed by atoms with Crippen molar-refractivity contribution in [2.75, 3.05) is 32.8 Å². The van der Waals surface area contributed by atoms with Gasteiger partial charge in [0.15, 0.2) is 5.52 Å². The van der Waals surface area contributed by atoms with Crippen LogP contribution in [0.5, 0.6) is 5.75 Å². The molecule has 45 heavy (non-hydrogen) atoms. The van der Waals surface area contributed by atoms with Crippen LogP contribution in [0.3, 0.4) is 0 Å². The number of aromatic amines is 1. The lowest BCUT2D eigenvalue weighted by atomic mass is 10.1. The molecule has 4 aromatic rings. The smallest absolute Gasteiger partial charge is 0.277 e. The Labute approximate surface area is 267 Å². The molecule has 0 aliphatic heterocycles. The number of nitrogens with one attached hydrogen (secondary N) is 1. The van der Waals surface area contributed by atoms with Crippen LogP contribution in [0.2, 0.25) is 0 Å². The molecule has 10 nitrogen and oxygen atoms in total. The lowest BCUT2D eigenvalue weighted by molar-refractivity contribution is 0.276. The van der Waals surface area contributed by atoms with E-state index in [1.54, 1.807) is 34.2 Å². The normalized spacial score (nSPS) is 12.1. The highest BCUT2D eigenvalue weighted by atomic mass is 32.2. The second-order valence-corrected chi connectivity index (χ2v) is 13.3. The van der Waals surface area contributed by atoms with Gasteiger partial charge in [0.05, 0.1) is 22.8 Å². The molecular formula is C34H48N6O4S. The molecular weight excluding hydrogens is 588 g/mol. The molecule has 0 radical (unpaired) electrons. The van der Waals surface area contributed by atoms with Crippen LogP contribution in [0, 0.1) is 0 Å². The number of rotatable bonds is 18. The minimum atomic E-state index is -3.92. The Morgan fingerprint density at radius 3 is 2.38 bits per heavy atom. The molecule has 0 saturated heterocycles. The Morgan fingerprint density at radius 2 is 1.69 bits per heavy atom. The zero-order chi connectivity index (χ0) is 32.4.